The van der Waals surface area contributed by atoms with Crippen molar-refractivity contribution in [3.8, 4) is 0 Å². The Morgan fingerprint density at radius 2 is 2.11 bits per heavy atom. The summed E-state index contributed by atoms with van der Waals surface area (Å²) in [6.45, 7) is -0.235. The van der Waals surface area contributed by atoms with Crippen molar-refractivity contribution < 1.29 is 13.2 Å². The van der Waals surface area contributed by atoms with Crippen LogP contribution >= 0.6 is 11.3 Å². The van der Waals surface area contributed by atoms with E-state index in [9.17, 15) is 18.0 Å². The molecule has 0 radical (unpaired) electrons. The SMILES string of the molecule is Cn1ncc2c(=O)n(CC(=O)Nc3nc4ccc(S(C)(=O)=O)cc4s3)cnc21. The van der Waals surface area contributed by atoms with Crippen molar-refractivity contribution >= 4 is 53.5 Å². The molecule has 0 aliphatic carbocycles. The maximum absolute atomic E-state index is 12.4. The van der Waals surface area contributed by atoms with Gasteiger partial charge >= 0.3 is 0 Å². The zero-order valence-corrected chi connectivity index (χ0v) is 16.4. The standard InChI is InChI=1S/C16H14N6O4S2/c1-21-14-10(6-18-21)15(24)22(8-17-14)7-13(23)20-16-19-11-4-3-9(28(2,25)26)5-12(11)27-16/h3-6,8H,7H2,1-2H3,(H,19,20,23). The summed E-state index contributed by atoms with van der Waals surface area (Å²) in [6.07, 6.45) is 3.83. The van der Waals surface area contributed by atoms with E-state index < -0.39 is 15.7 Å². The third kappa shape index (κ3) is 3.27. The number of aromatic nitrogens is 5. The number of amides is 1. The molecule has 0 bridgehead atoms. The van der Waals surface area contributed by atoms with Crippen molar-refractivity contribution in [3.63, 3.8) is 0 Å². The summed E-state index contributed by atoms with van der Waals surface area (Å²) in [5.41, 5.74) is 0.646. The molecule has 1 N–H and O–H groups in total. The molecule has 4 rings (SSSR count). The number of sulfone groups is 1. The Bertz CT molecular complexity index is 1400. The summed E-state index contributed by atoms with van der Waals surface area (Å²) < 4.78 is 26.6. The first-order chi connectivity index (χ1) is 13.2. The summed E-state index contributed by atoms with van der Waals surface area (Å²) in [5, 5.41) is 7.25. The van der Waals surface area contributed by atoms with Crippen molar-refractivity contribution in [2.45, 2.75) is 11.4 Å². The van der Waals surface area contributed by atoms with Crippen molar-refractivity contribution in [3.05, 3.63) is 41.1 Å². The van der Waals surface area contributed by atoms with E-state index in [0.29, 0.717) is 26.4 Å². The van der Waals surface area contributed by atoms with Gasteiger partial charge in [0.25, 0.3) is 5.56 Å². The predicted octanol–water partition coefficient (Wildman–Crippen LogP) is 0.782. The van der Waals surface area contributed by atoms with Crippen molar-refractivity contribution in [2.24, 2.45) is 7.05 Å². The minimum atomic E-state index is -3.33. The van der Waals surface area contributed by atoms with Gasteiger partial charge in [-0.05, 0) is 18.2 Å². The van der Waals surface area contributed by atoms with Gasteiger partial charge in [0.05, 0.1) is 21.3 Å². The Balaban J connectivity index is 1.57. The molecule has 0 unspecified atom stereocenters. The van der Waals surface area contributed by atoms with Gasteiger partial charge in [0.2, 0.25) is 5.91 Å². The lowest BCUT2D eigenvalue weighted by Gasteiger charge is -2.05. The lowest BCUT2D eigenvalue weighted by atomic mass is 10.3. The second-order valence-corrected chi connectivity index (χ2v) is 9.20. The zero-order valence-electron chi connectivity index (χ0n) is 14.8. The Kier molecular flexibility index (Phi) is 4.23. The summed E-state index contributed by atoms with van der Waals surface area (Å²) >= 11 is 1.15. The van der Waals surface area contributed by atoms with Gasteiger partial charge in [-0.2, -0.15) is 5.10 Å². The van der Waals surface area contributed by atoms with E-state index in [-0.39, 0.29) is 17.0 Å². The molecule has 144 valence electrons. The molecule has 28 heavy (non-hydrogen) atoms. The molecule has 0 spiro atoms. The van der Waals surface area contributed by atoms with Gasteiger partial charge in [-0.1, -0.05) is 11.3 Å². The zero-order chi connectivity index (χ0) is 20.1. The number of carbonyl (C=O) groups is 1. The number of aryl methyl sites for hydroxylation is 1. The molecule has 0 atom stereocenters. The number of nitrogens with zero attached hydrogens (tertiary/aromatic N) is 5. The summed E-state index contributed by atoms with van der Waals surface area (Å²) in [7, 11) is -1.66. The van der Waals surface area contributed by atoms with E-state index in [4.69, 9.17) is 0 Å². The molecular formula is C16H14N6O4S2. The topological polar surface area (TPSA) is 129 Å². The molecule has 10 nitrogen and oxygen atoms in total. The number of rotatable bonds is 4. The van der Waals surface area contributed by atoms with Crippen LogP contribution < -0.4 is 10.9 Å². The van der Waals surface area contributed by atoms with E-state index in [1.54, 1.807) is 13.1 Å². The van der Waals surface area contributed by atoms with Gasteiger partial charge in [-0.15, -0.1) is 0 Å². The number of carbonyl (C=O) groups excluding carboxylic acids is 1. The highest BCUT2D eigenvalue weighted by Crippen LogP contribution is 2.28. The molecule has 3 aromatic heterocycles. The van der Waals surface area contributed by atoms with Gasteiger partial charge in [0.1, 0.15) is 18.3 Å². The highest BCUT2D eigenvalue weighted by molar-refractivity contribution is 7.90. The van der Waals surface area contributed by atoms with Crippen molar-refractivity contribution in [1.82, 2.24) is 24.3 Å². The van der Waals surface area contributed by atoms with E-state index in [0.717, 1.165) is 17.6 Å². The van der Waals surface area contributed by atoms with Crippen LogP contribution in [-0.2, 0) is 28.2 Å². The smallest absolute Gasteiger partial charge is 0.264 e. The van der Waals surface area contributed by atoms with E-state index in [1.807, 2.05) is 0 Å². The molecule has 0 saturated carbocycles. The van der Waals surface area contributed by atoms with Crippen molar-refractivity contribution in [1.29, 1.82) is 0 Å². The third-order valence-electron chi connectivity index (χ3n) is 4.07. The Labute approximate surface area is 162 Å². The fraction of sp³-hybridized carbons (Fsp3) is 0.188. The highest BCUT2D eigenvalue weighted by atomic mass is 32.2. The van der Waals surface area contributed by atoms with Crippen molar-refractivity contribution in [2.75, 3.05) is 11.6 Å². The first-order valence-corrected chi connectivity index (χ1v) is 10.7. The van der Waals surface area contributed by atoms with Crippen LogP contribution in [-0.4, -0.2) is 44.9 Å². The number of nitrogens with one attached hydrogen (secondary N) is 1. The molecule has 0 aliphatic heterocycles. The molecule has 1 aromatic carbocycles. The summed E-state index contributed by atoms with van der Waals surface area (Å²) in [4.78, 5) is 33.3. The summed E-state index contributed by atoms with van der Waals surface area (Å²) in [5.74, 6) is -0.450. The number of anilines is 1. The predicted molar refractivity (Wildman–Crippen MR) is 104 cm³/mol. The second kappa shape index (κ2) is 6.49. The first kappa shape index (κ1) is 18.3. The minimum absolute atomic E-state index is 0.184. The third-order valence-corrected chi connectivity index (χ3v) is 6.11. The van der Waals surface area contributed by atoms with Crippen LogP contribution in [0, 0.1) is 0 Å². The van der Waals surface area contributed by atoms with Crippen LogP contribution in [0.1, 0.15) is 0 Å². The quantitative estimate of drug-likeness (QED) is 0.518. The van der Waals surface area contributed by atoms with Crippen LogP contribution in [0.15, 0.2) is 40.4 Å². The van der Waals surface area contributed by atoms with Gasteiger partial charge in [0.15, 0.2) is 20.6 Å². The second-order valence-electron chi connectivity index (χ2n) is 6.15. The normalized spacial score (nSPS) is 11.9. The Morgan fingerprint density at radius 1 is 1.32 bits per heavy atom. The molecule has 0 aliphatic rings. The van der Waals surface area contributed by atoms with Crippen LogP contribution in [0.3, 0.4) is 0 Å². The van der Waals surface area contributed by atoms with Crippen LogP contribution in [0.2, 0.25) is 0 Å². The van der Waals surface area contributed by atoms with Gasteiger partial charge in [0, 0.05) is 13.3 Å². The monoisotopic (exact) mass is 418 g/mol. The number of fused-ring (bicyclic) bond motifs is 2. The number of thiazole rings is 1. The van der Waals surface area contributed by atoms with Crippen LogP contribution in [0.25, 0.3) is 21.3 Å². The Morgan fingerprint density at radius 3 is 2.86 bits per heavy atom. The largest absolute Gasteiger partial charge is 0.300 e. The highest BCUT2D eigenvalue weighted by Gasteiger charge is 2.14. The van der Waals surface area contributed by atoms with Gasteiger partial charge in [-0.25, -0.2) is 18.4 Å². The van der Waals surface area contributed by atoms with E-state index in [1.165, 1.54) is 33.9 Å². The van der Waals surface area contributed by atoms with Crippen LogP contribution in [0.5, 0.6) is 0 Å². The fourth-order valence-electron chi connectivity index (χ4n) is 2.68. The maximum atomic E-state index is 12.4. The average molecular weight is 418 g/mol. The molecule has 12 heteroatoms. The summed E-state index contributed by atoms with van der Waals surface area (Å²) in [6, 6.07) is 4.57. The number of benzene rings is 1. The van der Waals surface area contributed by atoms with E-state index >= 15 is 0 Å². The molecule has 3 heterocycles. The number of hydrogen-bond donors (Lipinski definition) is 1. The lowest BCUT2D eigenvalue weighted by molar-refractivity contribution is -0.116. The lowest BCUT2D eigenvalue weighted by Crippen LogP contribution is -2.27. The minimum Gasteiger partial charge on any atom is -0.300 e. The van der Waals surface area contributed by atoms with Crippen LogP contribution in [0.4, 0.5) is 5.13 Å². The van der Waals surface area contributed by atoms with Gasteiger partial charge < -0.3 is 5.32 Å². The molecule has 0 saturated heterocycles. The molecular weight excluding hydrogens is 404 g/mol. The maximum Gasteiger partial charge on any atom is 0.264 e. The molecule has 1 amide bonds. The molecule has 0 fully saturated rings. The molecule has 4 aromatic rings. The number of hydrogen-bond acceptors (Lipinski definition) is 8. The van der Waals surface area contributed by atoms with E-state index in [2.05, 4.69) is 20.4 Å². The Hall–Kier alpha value is -3.12. The fourth-order valence-corrected chi connectivity index (χ4v) is 4.32. The van der Waals surface area contributed by atoms with Gasteiger partial charge in [-0.3, -0.25) is 18.8 Å². The average Bonchev–Trinajstić information content (AvgIpc) is 3.19. The first-order valence-electron chi connectivity index (χ1n) is 8.00.